The van der Waals surface area contributed by atoms with Gasteiger partial charge in [0.2, 0.25) is 0 Å². The molecule has 0 radical (unpaired) electrons. The van der Waals surface area contributed by atoms with Gasteiger partial charge in [0.1, 0.15) is 5.82 Å². The van der Waals surface area contributed by atoms with Gasteiger partial charge in [-0.05, 0) is 23.8 Å². The number of hydrogen-bond acceptors (Lipinski definition) is 5. The van der Waals surface area contributed by atoms with Crippen LogP contribution in [0.2, 0.25) is 0 Å². The fourth-order valence-corrected chi connectivity index (χ4v) is 2.96. The lowest BCUT2D eigenvalue weighted by atomic mass is 10.1. The van der Waals surface area contributed by atoms with Crippen LogP contribution in [-0.2, 0) is 5.75 Å². The maximum absolute atomic E-state index is 13.5. The predicted molar refractivity (Wildman–Crippen MR) is 94.5 cm³/mol. The first kappa shape index (κ1) is 18.7. The molecule has 0 spiro atoms. The minimum atomic E-state index is -0.597. The molecule has 0 atom stereocenters. The molecule has 0 saturated carbocycles. The number of amides is 1. The highest BCUT2D eigenvalue weighted by molar-refractivity contribution is 7.98. The molecule has 1 amide bonds. The van der Waals surface area contributed by atoms with Crippen molar-refractivity contribution in [3.63, 3.8) is 0 Å². The van der Waals surface area contributed by atoms with Crippen molar-refractivity contribution in [2.24, 2.45) is 0 Å². The predicted octanol–water partition coefficient (Wildman–Crippen LogP) is 3.41. The summed E-state index contributed by atoms with van der Waals surface area (Å²) in [7, 11) is 1.33. The summed E-state index contributed by atoms with van der Waals surface area (Å²) in [6.07, 6.45) is 0. The van der Waals surface area contributed by atoms with Gasteiger partial charge in [-0.25, -0.2) is 4.39 Å². The van der Waals surface area contributed by atoms with Gasteiger partial charge in [-0.2, -0.15) is 11.8 Å². The number of nitrogens with zero attached hydrogens (tertiary/aromatic N) is 1. The van der Waals surface area contributed by atoms with E-state index in [-0.39, 0.29) is 22.8 Å². The number of benzene rings is 2. The first-order valence-electron chi connectivity index (χ1n) is 7.44. The van der Waals surface area contributed by atoms with Crippen LogP contribution >= 0.6 is 11.8 Å². The zero-order valence-electron chi connectivity index (χ0n) is 13.5. The number of hydrogen-bond donors (Lipinski definition) is 1. The number of halogens is 1. The van der Waals surface area contributed by atoms with Gasteiger partial charge in [0.05, 0.1) is 12.0 Å². The van der Waals surface area contributed by atoms with Gasteiger partial charge in [0, 0.05) is 29.7 Å². The van der Waals surface area contributed by atoms with Crippen LogP contribution < -0.4 is 10.1 Å². The number of ether oxygens (including phenoxy) is 1. The molecule has 6 nitrogen and oxygen atoms in total. The molecule has 0 fully saturated rings. The van der Waals surface area contributed by atoms with E-state index in [1.165, 1.54) is 43.1 Å². The number of methoxy groups -OCH3 is 1. The van der Waals surface area contributed by atoms with Crippen molar-refractivity contribution < 1.29 is 18.8 Å². The molecule has 8 heteroatoms. The number of carbonyl (C=O) groups is 1. The smallest absolute Gasteiger partial charge is 0.311 e. The van der Waals surface area contributed by atoms with Crippen molar-refractivity contribution in [2.45, 2.75) is 5.75 Å². The van der Waals surface area contributed by atoms with E-state index >= 15 is 0 Å². The van der Waals surface area contributed by atoms with Crippen molar-refractivity contribution in [3.05, 3.63) is 69.5 Å². The largest absolute Gasteiger partial charge is 0.490 e. The molecule has 0 heterocycles. The molecule has 0 bridgehead atoms. The van der Waals surface area contributed by atoms with Crippen LogP contribution in [-0.4, -0.2) is 30.2 Å². The van der Waals surface area contributed by atoms with Crippen molar-refractivity contribution >= 4 is 23.4 Å². The van der Waals surface area contributed by atoms with Gasteiger partial charge in [-0.15, -0.1) is 0 Å². The Labute approximate surface area is 148 Å². The van der Waals surface area contributed by atoms with Crippen LogP contribution in [0.25, 0.3) is 0 Å². The maximum Gasteiger partial charge on any atom is 0.311 e. The number of rotatable bonds is 8. The Balaban J connectivity index is 1.83. The van der Waals surface area contributed by atoms with Crippen LogP contribution in [0.1, 0.15) is 15.9 Å². The van der Waals surface area contributed by atoms with Crippen molar-refractivity contribution in [3.8, 4) is 5.75 Å². The minimum absolute atomic E-state index is 0.0991. The molecule has 2 rings (SSSR count). The molecule has 2 aromatic rings. The second kappa shape index (κ2) is 9.03. The lowest BCUT2D eigenvalue weighted by Crippen LogP contribution is -2.25. The van der Waals surface area contributed by atoms with Crippen LogP contribution in [0.5, 0.6) is 5.75 Å². The Hall–Kier alpha value is -2.61. The quantitative estimate of drug-likeness (QED) is 0.441. The Kier molecular flexibility index (Phi) is 6.76. The number of thioether (sulfide) groups is 1. The molecule has 2 aromatic carbocycles. The summed E-state index contributed by atoms with van der Waals surface area (Å²) in [5.74, 6) is 0.554. The van der Waals surface area contributed by atoms with E-state index < -0.39 is 10.8 Å². The van der Waals surface area contributed by atoms with Gasteiger partial charge in [-0.1, -0.05) is 18.2 Å². The third kappa shape index (κ3) is 5.18. The highest BCUT2D eigenvalue weighted by Gasteiger charge is 2.17. The summed E-state index contributed by atoms with van der Waals surface area (Å²) in [5.41, 5.74) is 0.542. The fraction of sp³-hybridized carbons (Fsp3) is 0.235. The third-order valence-electron chi connectivity index (χ3n) is 3.39. The van der Waals surface area contributed by atoms with E-state index in [1.54, 1.807) is 18.2 Å². The van der Waals surface area contributed by atoms with E-state index in [2.05, 4.69) is 5.32 Å². The first-order valence-corrected chi connectivity index (χ1v) is 8.60. The van der Waals surface area contributed by atoms with Crippen molar-refractivity contribution in [1.29, 1.82) is 0 Å². The molecule has 25 heavy (non-hydrogen) atoms. The average Bonchev–Trinajstić information content (AvgIpc) is 2.62. The summed E-state index contributed by atoms with van der Waals surface area (Å²) < 4.78 is 18.4. The molecule has 0 aliphatic carbocycles. The topological polar surface area (TPSA) is 81.5 Å². The van der Waals surface area contributed by atoms with Crippen LogP contribution in [0.3, 0.4) is 0 Å². The SMILES string of the molecule is COc1ccc(C(=O)NCCSCc2ccccc2F)cc1[N+](=O)[O-]. The Morgan fingerprint density at radius 1 is 1.32 bits per heavy atom. The van der Waals surface area contributed by atoms with Gasteiger partial charge < -0.3 is 10.1 Å². The second-order valence-corrected chi connectivity index (χ2v) is 6.15. The number of carbonyl (C=O) groups excluding carboxylic acids is 1. The van der Waals surface area contributed by atoms with E-state index in [0.717, 1.165) is 0 Å². The summed E-state index contributed by atoms with van der Waals surface area (Å²) in [4.78, 5) is 22.4. The molecule has 0 saturated heterocycles. The number of nitrogens with one attached hydrogen (secondary N) is 1. The molecule has 0 unspecified atom stereocenters. The molecule has 0 aliphatic heterocycles. The normalized spacial score (nSPS) is 10.3. The Bertz CT molecular complexity index is 770. The van der Waals surface area contributed by atoms with E-state index in [0.29, 0.717) is 23.6 Å². The molecule has 0 aromatic heterocycles. The monoisotopic (exact) mass is 364 g/mol. The molecule has 132 valence electrons. The van der Waals surface area contributed by atoms with Gasteiger partial charge in [0.15, 0.2) is 5.75 Å². The highest BCUT2D eigenvalue weighted by atomic mass is 32.2. The number of nitro groups is 1. The van der Waals surface area contributed by atoms with E-state index in [1.807, 2.05) is 0 Å². The lowest BCUT2D eigenvalue weighted by Gasteiger charge is -2.07. The van der Waals surface area contributed by atoms with Crippen molar-refractivity contribution in [1.82, 2.24) is 5.32 Å². The molecule has 0 aliphatic rings. The summed E-state index contributed by atoms with van der Waals surface area (Å²) in [5, 5.41) is 13.7. The first-order chi connectivity index (χ1) is 12.0. The molecular weight excluding hydrogens is 347 g/mol. The van der Waals surface area contributed by atoms with Gasteiger partial charge in [0.25, 0.3) is 5.91 Å². The fourth-order valence-electron chi connectivity index (χ4n) is 2.11. The van der Waals surface area contributed by atoms with Crippen LogP contribution in [0, 0.1) is 15.9 Å². The zero-order chi connectivity index (χ0) is 18.2. The molecular formula is C17H17FN2O4S. The summed E-state index contributed by atoms with van der Waals surface area (Å²) in [6.45, 7) is 0.373. The molecule has 1 N–H and O–H groups in total. The second-order valence-electron chi connectivity index (χ2n) is 5.04. The standard InChI is InChI=1S/C17H17FN2O4S/c1-24-16-7-6-12(10-15(16)20(22)23)17(21)19-8-9-25-11-13-4-2-3-5-14(13)18/h2-7,10H,8-9,11H2,1H3,(H,19,21). The maximum atomic E-state index is 13.5. The summed E-state index contributed by atoms with van der Waals surface area (Å²) >= 11 is 1.49. The zero-order valence-corrected chi connectivity index (χ0v) is 14.3. The van der Waals surface area contributed by atoms with Crippen LogP contribution in [0.15, 0.2) is 42.5 Å². The van der Waals surface area contributed by atoms with Crippen molar-refractivity contribution in [2.75, 3.05) is 19.4 Å². The minimum Gasteiger partial charge on any atom is -0.490 e. The van der Waals surface area contributed by atoms with Crippen LogP contribution in [0.4, 0.5) is 10.1 Å². The third-order valence-corrected chi connectivity index (χ3v) is 4.39. The lowest BCUT2D eigenvalue weighted by molar-refractivity contribution is -0.385. The van der Waals surface area contributed by atoms with Gasteiger partial charge in [-0.3, -0.25) is 14.9 Å². The average molecular weight is 364 g/mol. The Morgan fingerprint density at radius 3 is 2.76 bits per heavy atom. The number of nitro benzene ring substituents is 1. The Morgan fingerprint density at radius 2 is 2.08 bits per heavy atom. The summed E-state index contributed by atoms with van der Waals surface area (Å²) in [6, 6.07) is 10.6. The van der Waals surface area contributed by atoms with E-state index in [4.69, 9.17) is 4.74 Å². The highest BCUT2D eigenvalue weighted by Crippen LogP contribution is 2.27. The van der Waals surface area contributed by atoms with Gasteiger partial charge >= 0.3 is 5.69 Å². The van der Waals surface area contributed by atoms with E-state index in [9.17, 15) is 19.3 Å².